The first-order chi connectivity index (χ1) is 8.69. The summed E-state index contributed by atoms with van der Waals surface area (Å²) in [5.74, 6) is 0.777. The third-order valence-corrected chi connectivity index (χ3v) is 2.78. The summed E-state index contributed by atoms with van der Waals surface area (Å²) in [4.78, 5) is 0. The molecule has 18 heavy (non-hydrogen) atoms. The van der Waals surface area contributed by atoms with Gasteiger partial charge in [0.25, 0.3) is 0 Å². The van der Waals surface area contributed by atoms with E-state index in [4.69, 9.17) is 4.74 Å². The zero-order chi connectivity index (χ0) is 13.4. The van der Waals surface area contributed by atoms with Gasteiger partial charge in [0.1, 0.15) is 5.75 Å². The number of benzene rings is 1. The van der Waals surface area contributed by atoms with Crippen LogP contribution in [0, 0.1) is 0 Å². The number of rotatable bonds is 8. The van der Waals surface area contributed by atoms with Crippen LogP contribution in [0.1, 0.15) is 12.5 Å². The Kier molecular flexibility index (Phi) is 6.07. The van der Waals surface area contributed by atoms with E-state index in [1.165, 1.54) is 0 Å². The third-order valence-electron chi connectivity index (χ3n) is 2.78. The molecule has 0 unspecified atom stereocenters. The van der Waals surface area contributed by atoms with Gasteiger partial charge in [-0.25, -0.2) is 0 Å². The van der Waals surface area contributed by atoms with Crippen LogP contribution in [-0.4, -0.2) is 47.3 Å². The van der Waals surface area contributed by atoms with E-state index in [2.05, 4.69) is 5.32 Å². The summed E-state index contributed by atoms with van der Waals surface area (Å²) < 4.78 is 5.38. The lowest BCUT2D eigenvalue weighted by Crippen LogP contribution is -2.54. The number of nitrogens with one attached hydrogen (secondary N) is 1. The Morgan fingerprint density at radius 2 is 1.83 bits per heavy atom. The van der Waals surface area contributed by atoms with Crippen LogP contribution in [0.5, 0.6) is 5.75 Å². The van der Waals surface area contributed by atoms with Gasteiger partial charge in [0.2, 0.25) is 0 Å². The van der Waals surface area contributed by atoms with Crippen LogP contribution < -0.4 is 10.1 Å². The molecule has 0 atom stereocenters. The molecule has 4 N–H and O–H groups in total. The lowest BCUT2D eigenvalue weighted by molar-refractivity contribution is 0.0414. The van der Waals surface area contributed by atoms with Crippen LogP contribution >= 0.6 is 0 Å². The summed E-state index contributed by atoms with van der Waals surface area (Å²) in [6, 6.07) is 7.53. The molecule has 1 aromatic carbocycles. The first-order valence-corrected chi connectivity index (χ1v) is 5.99. The van der Waals surface area contributed by atoms with E-state index in [9.17, 15) is 15.3 Å². The van der Waals surface area contributed by atoms with Crippen LogP contribution in [0.3, 0.4) is 0 Å². The SMILES string of the molecule is CCOc1cccc(CNC(CO)(CO)CO)c1. The monoisotopic (exact) mass is 255 g/mol. The van der Waals surface area contributed by atoms with Crippen LogP contribution in [-0.2, 0) is 6.54 Å². The fourth-order valence-corrected chi connectivity index (χ4v) is 1.52. The van der Waals surface area contributed by atoms with Crippen molar-refractivity contribution in [2.45, 2.75) is 19.0 Å². The van der Waals surface area contributed by atoms with Gasteiger partial charge in [-0.2, -0.15) is 0 Å². The van der Waals surface area contributed by atoms with Gasteiger partial charge in [0, 0.05) is 6.54 Å². The van der Waals surface area contributed by atoms with Crippen molar-refractivity contribution in [3.8, 4) is 5.75 Å². The van der Waals surface area contributed by atoms with Crippen LogP contribution in [0.25, 0.3) is 0 Å². The maximum atomic E-state index is 9.19. The molecule has 0 spiro atoms. The molecule has 0 bridgehead atoms. The molecular weight excluding hydrogens is 234 g/mol. The van der Waals surface area contributed by atoms with Gasteiger partial charge in [-0.05, 0) is 24.6 Å². The van der Waals surface area contributed by atoms with E-state index in [1.807, 2.05) is 31.2 Å². The van der Waals surface area contributed by atoms with Crippen molar-refractivity contribution in [2.24, 2.45) is 0 Å². The summed E-state index contributed by atoms with van der Waals surface area (Å²) in [5, 5.41) is 30.5. The second-order valence-corrected chi connectivity index (χ2v) is 4.19. The maximum Gasteiger partial charge on any atom is 0.119 e. The molecule has 0 heterocycles. The summed E-state index contributed by atoms with van der Waals surface area (Å²) in [7, 11) is 0. The number of aliphatic hydroxyl groups is 3. The highest BCUT2D eigenvalue weighted by atomic mass is 16.5. The molecule has 0 amide bonds. The fraction of sp³-hybridized carbons (Fsp3) is 0.538. The zero-order valence-corrected chi connectivity index (χ0v) is 10.6. The van der Waals surface area contributed by atoms with Crippen molar-refractivity contribution in [1.82, 2.24) is 5.32 Å². The summed E-state index contributed by atoms with van der Waals surface area (Å²) in [5.41, 5.74) is -0.0950. The molecule has 5 heteroatoms. The Morgan fingerprint density at radius 1 is 1.17 bits per heavy atom. The van der Waals surface area contributed by atoms with Crippen molar-refractivity contribution in [3.63, 3.8) is 0 Å². The lowest BCUT2D eigenvalue weighted by Gasteiger charge is -2.28. The van der Waals surface area contributed by atoms with E-state index >= 15 is 0 Å². The minimum Gasteiger partial charge on any atom is -0.494 e. The van der Waals surface area contributed by atoms with Gasteiger partial charge >= 0.3 is 0 Å². The van der Waals surface area contributed by atoms with Crippen molar-refractivity contribution < 1.29 is 20.1 Å². The van der Waals surface area contributed by atoms with Crippen molar-refractivity contribution in [3.05, 3.63) is 29.8 Å². The average Bonchev–Trinajstić information content (AvgIpc) is 2.42. The minimum absolute atomic E-state index is 0.328. The molecule has 0 saturated carbocycles. The zero-order valence-electron chi connectivity index (χ0n) is 10.6. The molecule has 0 aliphatic heterocycles. The summed E-state index contributed by atoms with van der Waals surface area (Å²) in [6.45, 7) is 1.97. The molecule has 1 aromatic rings. The van der Waals surface area contributed by atoms with Gasteiger partial charge < -0.3 is 25.4 Å². The molecule has 0 fully saturated rings. The Labute approximate surface area is 107 Å². The quantitative estimate of drug-likeness (QED) is 0.521. The summed E-state index contributed by atoms with van der Waals surface area (Å²) in [6.07, 6.45) is 0. The summed E-state index contributed by atoms with van der Waals surface area (Å²) >= 11 is 0. The number of hydrogen-bond donors (Lipinski definition) is 4. The molecule has 0 radical (unpaired) electrons. The third kappa shape index (κ3) is 3.96. The first kappa shape index (κ1) is 14.9. The van der Waals surface area contributed by atoms with Gasteiger partial charge in [0.05, 0.1) is 32.0 Å². The van der Waals surface area contributed by atoms with E-state index in [0.717, 1.165) is 11.3 Å². The molecule has 0 aliphatic carbocycles. The predicted octanol–water partition coefficient (Wildman–Crippen LogP) is -0.109. The first-order valence-electron chi connectivity index (χ1n) is 5.99. The van der Waals surface area contributed by atoms with Gasteiger partial charge in [0.15, 0.2) is 0 Å². The highest BCUT2D eigenvalue weighted by molar-refractivity contribution is 5.28. The van der Waals surface area contributed by atoms with Crippen molar-refractivity contribution in [1.29, 1.82) is 0 Å². The Bertz CT molecular complexity index is 344. The second-order valence-electron chi connectivity index (χ2n) is 4.19. The van der Waals surface area contributed by atoms with Crippen molar-refractivity contribution >= 4 is 0 Å². The topological polar surface area (TPSA) is 82.0 Å². The molecule has 5 nitrogen and oxygen atoms in total. The van der Waals surface area contributed by atoms with E-state index < -0.39 is 5.54 Å². The molecular formula is C13H21NO4. The van der Waals surface area contributed by atoms with Crippen molar-refractivity contribution in [2.75, 3.05) is 26.4 Å². The molecule has 102 valence electrons. The van der Waals surface area contributed by atoms with Gasteiger partial charge in [-0.3, -0.25) is 0 Å². The highest BCUT2D eigenvalue weighted by Gasteiger charge is 2.26. The van der Waals surface area contributed by atoms with Gasteiger partial charge in [-0.1, -0.05) is 12.1 Å². The number of hydrogen-bond acceptors (Lipinski definition) is 5. The van der Waals surface area contributed by atoms with Crippen LogP contribution in [0.4, 0.5) is 0 Å². The minimum atomic E-state index is -1.05. The molecule has 0 aromatic heterocycles. The smallest absolute Gasteiger partial charge is 0.119 e. The Balaban J connectivity index is 2.64. The van der Waals surface area contributed by atoms with E-state index in [-0.39, 0.29) is 19.8 Å². The molecule has 0 saturated heterocycles. The van der Waals surface area contributed by atoms with Crippen LogP contribution in [0.2, 0.25) is 0 Å². The largest absolute Gasteiger partial charge is 0.494 e. The normalized spacial score (nSPS) is 11.6. The predicted molar refractivity (Wildman–Crippen MR) is 68.4 cm³/mol. The average molecular weight is 255 g/mol. The highest BCUT2D eigenvalue weighted by Crippen LogP contribution is 2.14. The van der Waals surface area contributed by atoms with E-state index in [1.54, 1.807) is 0 Å². The van der Waals surface area contributed by atoms with E-state index in [0.29, 0.717) is 13.2 Å². The molecule has 0 aliphatic rings. The second kappa shape index (κ2) is 7.33. The standard InChI is InChI=1S/C13H21NO4/c1-2-18-12-5-3-4-11(6-12)7-14-13(8-15,9-16)10-17/h3-6,14-17H,2,7-10H2,1H3. The number of ether oxygens (including phenoxy) is 1. The maximum absolute atomic E-state index is 9.19. The Hall–Kier alpha value is -1.14. The number of aliphatic hydroxyl groups excluding tert-OH is 3. The molecule has 1 rings (SSSR count). The van der Waals surface area contributed by atoms with Gasteiger partial charge in [-0.15, -0.1) is 0 Å². The lowest BCUT2D eigenvalue weighted by atomic mass is 10.0. The fourth-order valence-electron chi connectivity index (χ4n) is 1.52. The Morgan fingerprint density at radius 3 is 2.39 bits per heavy atom. The van der Waals surface area contributed by atoms with Crippen LogP contribution in [0.15, 0.2) is 24.3 Å².